The van der Waals surface area contributed by atoms with Crippen molar-refractivity contribution in [1.29, 1.82) is 0 Å². The summed E-state index contributed by atoms with van der Waals surface area (Å²) in [6, 6.07) is 36.1. The summed E-state index contributed by atoms with van der Waals surface area (Å²) in [4.78, 5) is 0. The third-order valence-corrected chi connectivity index (χ3v) is 7.14. The van der Waals surface area contributed by atoms with E-state index in [1.807, 2.05) is 0 Å². The summed E-state index contributed by atoms with van der Waals surface area (Å²) in [6.45, 7) is 0. The maximum atomic E-state index is 2.35. The Bertz CT molecular complexity index is 1800. The van der Waals surface area contributed by atoms with Crippen LogP contribution in [0.4, 0.5) is 0 Å². The Morgan fingerprint density at radius 1 is 0.200 bits per heavy atom. The monoisotopic (exact) mass is 376 g/mol. The Morgan fingerprint density at radius 2 is 0.467 bits per heavy atom. The summed E-state index contributed by atoms with van der Waals surface area (Å²) in [6.07, 6.45) is 0. The molecule has 136 valence electrons. The smallest absolute Gasteiger partial charge is 0.000741 e. The molecule has 0 aromatic heterocycles. The fourth-order valence-electron chi connectivity index (χ4n) is 6.02. The molecule has 0 N–H and O–H groups in total. The van der Waals surface area contributed by atoms with E-state index < -0.39 is 0 Å². The van der Waals surface area contributed by atoms with Gasteiger partial charge in [-0.25, -0.2) is 0 Å². The molecule has 0 aliphatic carbocycles. The molecule has 8 rings (SSSR count). The highest BCUT2D eigenvalue weighted by atomic mass is 14.2. The molecule has 30 heavy (non-hydrogen) atoms. The molecule has 0 unspecified atom stereocenters. The second-order valence-electron chi connectivity index (χ2n) is 8.46. The molecule has 0 heterocycles. The van der Waals surface area contributed by atoms with Gasteiger partial charge in [-0.2, -0.15) is 0 Å². The summed E-state index contributed by atoms with van der Waals surface area (Å²) in [5.41, 5.74) is 0. The Labute approximate surface area is 172 Å². The number of hydrogen-bond donors (Lipinski definition) is 0. The summed E-state index contributed by atoms with van der Waals surface area (Å²) in [7, 11) is 0. The highest BCUT2D eigenvalue weighted by molar-refractivity contribution is 6.47. The van der Waals surface area contributed by atoms with E-state index in [9.17, 15) is 0 Å². The van der Waals surface area contributed by atoms with Gasteiger partial charge in [0.1, 0.15) is 0 Å². The zero-order valence-corrected chi connectivity index (χ0v) is 16.2. The van der Waals surface area contributed by atoms with Gasteiger partial charge in [-0.15, -0.1) is 0 Å². The minimum atomic E-state index is 1.35. The van der Waals surface area contributed by atoms with E-state index in [1.54, 1.807) is 0 Å². The highest BCUT2D eigenvalue weighted by Gasteiger charge is 2.20. The van der Waals surface area contributed by atoms with Crippen molar-refractivity contribution in [3.8, 4) is 0 Å². The van der Waals surface area contributed by atoms with Crippen LogP contribution in [0.1, 0.15) is 0 Å². The molecule has 0 bridgehead atoms. The van der Waals surface area contributed by atoms with E-state index in [1.165, 1.54) is 75.4 Å². The van der Waals surface area contributed by atoms with E-state index in [4.69, 9.17) is 0 Å². The van der Waals surface area contributed by atoms with Crippen LogP contribution in [0.25, 0.3) is 75.4 Å². The number of benzene rings is 8. The molecular weight excluding hydrogens is 360 g/mol. The van der Waals surface area contributed by atoms with Gasteiger partial charge in [0.15, 0.2) is 0 Å². The summed E-state index contributed by atoms with van der Waals surface area (Å²) in [5, 5.41) is 19.2. The lowest BCUT2D eigenvalue weighted by Crippen LogP contribution is -1.92. The average molecular weight is 376 g/mol. The Hall–Kier alpha value is -3.90. The molecule has 0 aliphatic rings. The van der Waals surface area contributed by atoms with Crippen molar-refractivity contribution in [3.63, 3.8) is 0 Å². The quantitative estimate of drug-likeness (QED) is 0.183. The van der Waals surface area contributed by atoms with E-state index in [0.29, 0.717) is 0 Å². The van der Waals surface area contributed by atoms with Gasteiger partial charge < -0.3 is 0 Å². The van der Waals surface area contributed by atoms with E-state index in [-0.39, 0.29) is 0 Å². The molecular formula is C30H16. The van der Waals surface area contributed by atoms with Crippen LogP contribution in [-0.2, 0) is 0 Å². The van der Waals surface area contributed by atoms with Crippen molar-refractivity contribution >= 4 is 75.4 Å². The topological polar surface area (TPSA) is 0 Å². The van der Waals surface area contributed by atoms with Gasteiger partial charge in [-0.1, -0.05) is 97.1 Å². The van der Waals surface area contributed by atoms with E-state index in [0.717, 1.165) is 0 Å². The lowest BCUT2D eigenvalue weighted by atomic mass is 9.82. The van der Waals surface area contributed by atoms with Crippen LogP contribution in [0, 0.1) is 0 Å². The second kappa shape index (κ2) is 4.98. The Morgan fingerprint density at radius 3 is 0.833 bits per heavy atom. The zero-order valence-electron chi connectivity index (χ0n) is 16.2. The first kappa shape index (κ1) is 15.0. The highest BCUT2D eigenvalue weighted by Crippen LogP contribution is 2.49. The molecule has 0 fully saturated rings. The van der Waals surface area contributed by atoms with E-state index in [2.05, 4.69) is 97.1 Å². The summed E-state index contributed by atoms with van der Waals surface area (Å²) in [5.74, 6) is 0. The second-order valence-corrected chi connectivity index (χ2v) is 8.46. The zero-order chi connectivity index (χ0) is 19.4. The average Bonchev–Trinajstić information content (AvgIpc) is 2.83. The first-order chi connectivity index (χ1) is 14.9. The third kappa shape index (κ3) is 1.55. The fraction of sp³-hybridized carbons (Fsp3) is 0. The third-order valence-electron chi connectivity index (χ3n) is 7.14. The van der Waals surface area contributed by atoms with Crippen LogP contribution >= 0.6 is 0 Å². The van der Waals surface area contributed by atoms with Crippen LogP contribution < -0.4 is 0 Å². The van der Waals surface area contributed by atoms with Crippen molar-refractivity contribution in [2.75, 3.05) is 0 Å². The number of hydrogen-bond acceptors (Lipinski definition) is 0. The maximum absolute atomic E-state index is 2.35. The molecule has 0 radical (unpaired) electrons. The predicted molar refractivity (Wildman–Crippen MR) is 131 cm³/mol. The van der Waals surface area contributed by atoms with Gasteiger partial charge >= 0.3 is 0 Å². The van der Waals surface area contributed by atoms with Crippen LogP contribution in [0.3, 0.4) is 0 Å². The van der Waals surface area contributed by atoms with Crippen LogP contribution in [-0.4, -0.2) is 0 Å². The summed E-state index contributed by atoms with van der Waals surface area (Å²) >= 11 is 0. The minimum Gasteiger partial charge on any atom is -0.0616 e. The van der Waals surface area contributed by atoms with Crippen molar-refractivity contribution < 1.29 is 0 Å². The fourth-order valence-corrected chi connectivity index (χ4v) is 6.02. The van der Waals surface area contributed by atoms with Crippen LogP contribution in [0.5, 0.6) is 0 Å². The Kier molecular flexibility index (Phi) is 2.49. The van der Waals surface area contributed by atoms with Gasteiger partial charge in [-0.3, -0.25) is 0 Å². The lowest BCUT2D eigenvalue weighted by Gasteiger charge is -2.21. The molecule has 0 heteroatoms. The molecule has 0 atom stereocenters. The van der Waals surface area contributed by atoms with Gasteiger partial charge in [0.05, 0.1) is 0 Å². The van der Waals surface area contributed by atoms with Crippen molar-refractivity contribution in [2.45, 2.75) is 0 Å². The van der Waals surface area contributed by atoms with Crippen molar-refractivity contribution in [2.24, 2.45) is 0 Å². The first-order valence-electron chi connectivity index (χ1n) is 10.6. The molecule has 0 saturated heterocycles. The van der Waals surface area contributed by atoms with Gasteiger partial charge in [0.2, 0.25) is 0 Å². The maximum Gasteiger partial charge on any atom is -0.000741 e. The van der Waals surface area contributed by atoms with Gasteiger partial charge in [-0.05, 0) is 75.4 Å². The van der Waals surface area contributed by atoms with Gasteiger partial charge in [0.25, 0.3) is 0 Å². The number of fused-ring (bicyclic) bond motifs is 7. The van der Waals surface area contributed by atoms with Crippen molar-refractivity contribution in [1.82, 2.24) is 0 Å². The minimum absolute atomic E-state index is 1.35. The standard InChI is InChI=1S/C30H16/c1-3-9-19-17(7-1)21-11-5-13-23-24-14-6-12-22-18-8-2-4-10-20(18)26-16-15-25(19)29(27(21)23)30(26)28(22)24/h1-16H. The molecule has 8 aromatic rings. The number of rotatable bonds is 0. The largest absolute Gasteiger partial charge is 0.0616 e. The summed E-state index contributed by atoms with van der Waals surface area (Å²) < 4.78 is 0. The molecule has 0 amide bonds. The molecule has 0 spiro atoms. The van der Waals surface area contributed by atoms with E-state index >= 15 is 0 Å². The normalized spacial score (nSPS) is 12.7. The van der Waals surface area contributed by atoms with Crippen molar-refractivity contribution in [3.05, 3.63) is 97.1 Å². The van der Waals surface area contributed by atoms with Crippen LogP contribution in [0.15, 0.2) is 97.1 Å². The Balaban J connectivity index is 1.91. The lowest BCUT2D eigenvalue weighted by molar-refractivity contribution is 1.79. The first-order valence-corrected chi connectivity index (χ1v) is 10.6. The SMILES string of the molecule is c1ccc2c(c1)c1cccc3c4cccc5c6ccccc6c6ccc2c(c13)c6c54. The molecule has 8 aromatic carbocycles. The molecule has 0 aliphatic heterocycles. The molecule has 0 saturated carbocycles. The molecule has 0 nitrogen and oxygen atoms in total. The van der Waals surface area contributed by atoms with Gasteiger partial charge in [0, 0.05) is 0 Å². The predicted octanol–water partition coefficient (Wildman–Crippen LogP) is 8.63. The van der Waals surface area contributed by atoms with Crippen LogP contribution in [0.2, 0.25) is 0 Å².